The smallest absolute Gasteiger partial charge is 0.282 e. The van der Waals surface area contributed by atoms with Crippen LogP contribution in [-0.4, -0.2) is 53.8 Å². The highest BCUT2D eigenvalue weighted by Gasteiger charge is 2.41. The Labute approximate surface area is 159 Å². The maximum atomic E-state index is 13.0. The lowest BCUT2D eigenvalue weighted by Crippen LogP contribution is -2.56. The number of amides is 1. The third-order valence-electron chi connectivity index (χ3n) is 5.28. The van der Waals surface area contributed by atoms with E-state index < -0.39 is 22.2 Å². The van der Waals surface area contributed by atoms with Crippen LogP contribution in [0.5, 0.6) is 0 Å². The van der Waals surface area contributed by atoms with Gasteiger partial charge < -0.3 is 0 Å². The van der Waals surface area contributed by atoms with Crippen LogP contribution in [0.25, 0.3) is 0 Å². The summed E-state index contributed by atoms with van der Waals surface area (Å²) in [5.74, 6) is -0.360. The number of carbonyl (C=O) groups excluding carboxylic acids is 1. The van der Waals surface area contributed by atoms with Crippen molar-refractivity contribution in [2.75, 3.05) is 19.6 Å². The summed E-state index contributed by atoms with van der Waals surface area (Å²) in [6.07, 6.45) is 3.36. The van der Waals surface area contributed by atoms with Gasteiger partial charge in [-0.3, -0.25) is 10.0 Å². The molecular weight excluding hydrogens is 378 g/mol. The molecule has 1 atom stereocenters. The molecule has 9 heteroatoms. The zero-order valence-electron chi connectivity index (χ0n) is 14.5. The van der Waals surface area contributed by atoms with E-state index in [1.54, 1.807) is 5.48 Å². The van der Waals surface area contributed by atoms with E-state index in [2.05, 4.69) is 0 Å². The van der Waals surface area contributed by atoms with E-state index in [9.17, 15) is 13.2 Å². The van der Waals surface area contributed by atoms with Crippen molar-refractivity contribution in [3.8, 4) is 0 Å². The number of nitrogens with one attached hydrogen (secondary N) is 1. The molecule has 7 nitrogen and oxygen atoms in total. The van der Waals surface area contributed by atoms with E-state index in [-0.39, 0.29) is 0 Å². The number of carbonyl (C=O) groups is 1. The molecule has 0 bridgehead atoms. The Balaban J connectivity index is 1.69. The van der Waals surface area contributed by atoms with Gasteiger partial charge in [-0.25, -0.2) is 5.48 Å². The number of piperidine rings is 2. The van der Waals surface area contributed by atoms with Crippen molar-refractivity contribution in [1.29, 1.82) is 0 Å². The lowest BCUT2D eigenvalue weighted by atomic mass is 9.90. The minimum absolute atomic E-state index is 0.302. The highest BCUT2D eigenvalue weighted by atomic mass is 35.5. The van der Waals surface area contributed by atoms with Crippen molar-refractivity contribution < 1.29 is 18.4 Å². The van der Waals surface area contributed by atoms with Crippen LogP contribution < -0.4 is 5.48 Å². The number of rotatable bonds is 4. The fourth-order valence-electron chi connectivity index (χ4n) is 3.82. The molecular formula is C17H24ClN3O4S. The predicted molar refractivity (Wildman–Crippen MR) is 98.2 cm³/mol. The zero-order valence-corrected chi connectivity index (χ0v) is 16.0. The molecule has 2 fully saturated rings. The standard InChI is InChI=1S/C17H24ClN3O4S/c18-15-6-4-13(5-7-15)14-8-11-20(12-9-14)26(24,25)21-10-2-1-3-16(21)17(22)19-23/h4-7,14,16,23H,1-3,8-12H2,(H,19,22)/t16-/m1/s1. The highest BCUT2D eigenvalue weighted by Crippen LogP contribution is 2.32. The van der Waals surface area contributed by atoms with Crippen molar-refractivity contribution in [1.82, 2.24) is 14.1 Å². The van der Waals surface area contributed by atoms with Crippen molar-refractivity contribution in [2.24, 2.45) is 0 Å². The maximum absolute atomic E-state index is 13.0. The van der Waals surface area contributed by atoms with Gasteiger partial charge in [0.1, 0.15) is 6.04 Å². The Bertz CT molecular complexity index is 733. The van der Waals surface area contributed by atoms with Gasteiger partial charge in [-0.1, -0.05) is 30.2 Å². The first-order valence-electron chi connectivity index (χ1n) is 8.90. The normalized spacial score (nSPS) is 23.7. The van der Waals surface area contributed by atoms with Gasteiger partial charge in [0.2, 0.25) is 0 Å². The molecule has 2 aliphatic heterocycles. The fourth-order valence-corrected chi connectivity index (χ4v) is 5.80. The van der Waals surface area contributed by atoms with Gasteiger partial charge in [0, 0.05) is 24.7 Å². The monoisotopic (exact) mass is 401 g/mol. The van der Waals surface area contributed by atoms with Crippen molar-refractivity contribution >= 4 is 27.7 Å². The molecule has 0 saturated carbocycles. The molecule has 144 valence electrons. The minimum Gasteiger partial charge on any atom is -0.289 e. The SMILES string of the molecule is O=C(NO)[C@H]1CCCCN1S(=O)(=O)N1CCC(c2ccc(Cl)cc2)CC1. The van der Waals surface area contributed by atoms with Gasteiger partial charge in [-0.2, -0.15) is 17.0 Å². The van der Waals surface area contributed by atoms with Gasteiger partial charge in [-0.15, -0.1) is 0 Å². The van der Waals surface area contributed by atoms with Crippen molar-refractivity contribution in [2.45, 2.75) is 44.1 Å². The lowest BCUT2D eigenvalue weighted by Gasteiger charge is -2.39. The molecule has 0 unspecified atom stereocenters. The van der Waals surface area contributed by atoms with Crippen molar-refractivity contribution in [3.63, 3.8) is 0 Å². The van der Waals surface area contributed by atoms with Crippen LogP contribution in [0.2, 0.25) is 5.02 Å². The number of benzene rings is 1. The average molecular weight is 402 g/mol. The van der Waals surface area contributed by atoms with Crippen LogP contribution >= 0.6 is 11.6 Å². The Morgan fingerprint density at radius 3 is 2.35 bits per heavy atom. The molecule has 26 heavy (non-hydrogen) atoms. The van der Waals surface area contributed by atoms with Gasteiger partial charge in [0.05, 0.1) is 0 Å². The van der Waals surface area contributed by atoms with Crippen LogP contribution in [0.1, 0.15) is 43.6 Å². The average Bonchev–Trinajstić information content (AvgIpc) is 2.68. The first kappa shape index (κ1) is 19.6. The molecule has 2 aliphatic rings. The number of halogens is 1. The second kappa shape index (κ2) is 8.22. The lowest BCUT2D eigenvalue weighted by molar-refractivity contribution is -0.134. The molecule has 2 N–H and O–H groups in total. The van der Waals surface area contributed by atoms with E-state index in [0.29, 0.717) is 37.0 Å². The topological polar surface area (TPSA) is 90.0 Å². The van der Waals surface area contributed by atoms with Gasteiger partial charge in [0.15, 0.2) is 0 Å². The minimum atomic E-state index is -3.73. The first-order valence-corrected chi connectivity index (χ1v) is 10.7. The molecule has 1 aromatic rings. The number of hydroxylamine groups is 1. The second-order valence-electron chi connectivity index (χ2n) is 6.83. The summed E-state index contributed by atoms with van der Waals surface area (Å²) < 4.78 is 28.8. The summed E-state index contributed by atoms with van der Waals surface area (Å²) in [7, 11) is -3.73. The number of nitrogens with zero attached hydrogens (tertiary/aromatic N) is 2. The van der Waals surface area contributed by atoms with E-state index in [0.717, 1.165) is 25.7 Å². The Kier molecular flexibility index (Phi) is 6.19. The Morgan fingerprint density at radius 1 is 1.08 bits per heavy atom. The van der Waals surface area contributed by atoms with Gasteiger partial charge in [-0.05, 0) is 49.3 Å². The number of hydrogen-bond acceptors (Lipinski definition) is 4. The molecule has 2 heterocycles. The second-order valence-corrected chi connectivity index (χ2v) is 9.15. The van der Waals surface area contributed by atoms with Gasteiger partial charge >= 0.3 is 0 Å². The summed E-state index contributed by atoms with van der Waals surface area (Å²) in [5, 5.41) is 9.60. The molecule has 0 radical (unpaired) electrons. The molecule has 3 rings (SSSR count). The number of hydrogen-bond donors (Lipinski definition) is 2. The molecule has 1 amide bonds. The summed E-state index contributed by atoms with van der Waals surface area (Å²) >= 11 is 5.93. The summed E-state index contributed by atoms with van der Waals surface area (Å²) in [5.41, 5.74) is 2.77. The molecule has 0 aliphatic carbocycles. The van der Waals surface area contributed by atoms with Crippen LogP contribution in [0.3, 0.4) is 0 Å². The zero-order chi connectivity index (χ0) is 18.7. The third-order valence-corrected chi connectivity index (χ3v) is 7.58. The van der Waals surface area contributed by atoms with E-state index in [1.807, 2.05) is 24.3 Å². The van der Waals surface area contributed by atoms with E-state index >= 15 is 0 Å². The molecule has 1 aromatic carbocycles. The van der Waals surface area contributed by atoms with E-state index in [4.69, 9.17) is 16.8 Å². The Hall–Kier alpha value is -1.19. The Morgan fingerprint density at radius 2 is 1.73 bits per heavy atom. The fraction of sp³-hybridized carbons (Fsp3) is 0.588. The molecule has 2 saturated heterocycles. The molecule has 0 spiro atoms. The van der Waals surface area contributed by atoms with Crippen LogP contribution in [0, 0.1) is 0 Å². The first-order chi connectivity index (χ1) is 12.4. The van der Waals surface area contributed by atoms with Crippen molar-refractivity contribution in [3.05, 3.63) is 34.9 Å². The van der Waals surface area contributed by atoms with Crippen LogP contribution in [0.15, 0.2) is 24.3 Å². The largest absolute Gasteiger partial charge is 0.289 e. The predicted octanol–water partition coefficient (Wildman–Crippen LogP) is 2.12. The van der Waals surface area contributed by atoms with Crippen LogP contribution in [-0.2, 0) is 15.0 Å². The summed E-state index contributed by atoms with van der Waals surface area (Å²) in [4.78, 5) is 11.9. The van der Waals surface area contributed by atoms with Crippen LogP contribution in [0.4, 0.5) is 0 Å². The van der Waals surface area contributed by atoms with E-state index in [1.165, 1.54) is 14.2 Å². The highest BCUT2D eigenvalue weighted by molar-refractivity contribution is 7.86. The quantitative estimate of drug-likeness (QED) is 0.597. The summed E-state index contributed by atoms with van der Waals surface area (Å²) in [6, 6.07) is 6.84. The molecule has 0 aromatic heterocycles. The third kappa shape index (κ3) is 4.04. The summed E-state index contributed by atoms with van der Waals surface area (Å²) in [6.45, 7) is 1.14. The maximum Gasteiger partial charge on any atom is 0.282 e. The van der Waals surface area contributed by atoms with Gasteiger partial charge in [0.25, 0.3) is 16.1 Å².